The third kappa shape index (κ3) is 11.6. The second kappa shape index (κ2) is 10.3. The summed E-state index contributed by atoms with van der Waals surface area (Å²) in [5.41, 5.74) is 0. The maximum atomic E-state index is 11.4. The van der Waals surface area contributed by atoms with Crippen LogP contribution in [-0.4, -0.2) is 37.2 Å². The number of carbonyl (C=O) groups is 2. The van der Waals surface area contributed by atoms with Crippen molar-refractivity contribution >= 4 is 12.1 Å². The number of rotatable bonds is 8. The van der Waals surface area contributed by atoms with Crippen LogP contribution in [0.25, 0.3) is 0 Å². The van der Waals surface area contributed by atoms with Crippen LogP contribution < -0.4 is 21.3 Å². The summed E-state index contributed by atoms with van der Waals surface area (Å²) in [5.74, 6) is 0.392. The number of carbonyl (C=O) groups excluding carboxylic acids is 2. The number of nitrogens with one attached hydrogen (secondary N) is 4. The van der Waals surface area contributed by atoms with Gasteiger partial charge in [-0.25, -0.2) is 9.59 Å². The van der Waals surface area contributed by atoms with Gasteiger partial charge in [-0.05, 0) is 46.5 Å². The first-order valence-corrected chi connectivity index (χ1v) is 7.40. The SMILES string of the molecule is CC(CCCNC(=O)NC(C)C)CNC(=O)NC(C)C. The smallest absolute Gasteiger partial charge is 0.314 e. The third-order valence-corrected chi connectivity index (χ3v) is 2.61. The van der Waals surface area contributed by atoms with Crippen molar-refractivity contribution in [3.63, 3.8) is 0 Å². The molecule has 0 heterocycles. The van der Waals surface area contributed by atoms with E-state index in [-0.39, 0.29) is 24.1 Å². The molecular weight excluding hydrogens is 256 g/mol. The highest BCUT2D eigenvalue weighted by atomic mass is 16.2. The van der Waals surface area contributed by atoms with Crippen molar-refractivity contribution in [1.29, 1.82) is 0 Å². The second-order valence-corrected chi connectivity index (χ2v) is 5.81. The highest BCUT2D eigenvalue weighted by Crippen LogP contribution is 2.03. The molecular formula is C14H30N4O2. The maximum Gasteiger partial charge on any atom is 0.314 e. The van der Waals surface area contributed by atoms with Gasteiger partial charge < -0.3 is 21.3 Å². The molecule has 0 aromatic heterocycles. The summed E-state index contributed by atoms with van der Waals surface area (Å²) >= 11 is 0. The number of amides is 4. The number of urea groups is 2. The van der Waals surface area contributed by atoms with E-state index in [2.05, 4.69) is 28.2 Å². The zero-order valence-electron chi connectivity index (χ0n) is 13.4. The van der Waals surface area contributed by atoms with Crippen LogP contribution >= 0.6 is 0 Å². The van der Waals surface area contributed by atoms with Gasteiger partial charge in [-0.3, -0.25) is 0 Å². The fraction of sp³-hybridized carbons (Fsp3) is 0.857. The van der Waals surface area contributed by atoms with Gasteiger partial charge in [0, 0.05) is 25.2 Å². The van der Waals surface area contributed by atoms with Gasteiger partial charge in [-0.1, -0.05) is 6.92 Å². The van der Waals surface area contributed by atoms with Crippen molar-refractivity contribution in [2.24, 2.45) is 5.92 Å². The molecule has 0 aliphatic rings. The molecule has 4 amide bonds. The van der Waals surface area contributed by atoms with Crippen LogP contribution in [0.2, 0.25) is 0 Å². The van der Waals surface area contributed by atoms with E-state index >= 15 is 0 Å². The molecule has 0 spiro atoms. The molecule has 0 fully saturated rings. The van der Waals surface area contributed by atoms with E-state index < -0.39 is 0 Å². The van der Waals surface area contributed by atoms with Gasteiger partial charge in [0.2, 0.25) is 0 Å². The standard InChI is InChI=1S/C14H30N4O2/c1-10(2)17-13(19)15-8-6-7-12(5)9-16-14(20)18-11(3)4/h10-12H,6-9H2,1-5H3,(H2,15,17,19)(H2,16,18,20). The van der Waals surface area contributed by atoms with Crippen molar-refractivity contribution in [3.05, 3.63) is 0 Å². The Bertz CT molecular complexity index is 293. The summed E-state index contributed by atoms with van der Waals surface area (Å²) in [4.78, 5) is 22.7. The molecule has 0 bridgehead atoms. The second-order valence-electron chi connectivity index (χ2n) is 5.81. The number of hydrogen-bond donors (Lipinski definition) is 4. The molecule has 1 unspecified atom stereocenters. The van der Waals surface area contributed by atoms with Gasteiger partial charge >= 0.3 is 12.1 Å². The average molecular weight is 286 g/mol. The van der Waals surface area contributed by atoms with E-state index in [1.54, 1.807) is 0 Å². The van der Waals surface area contributed by atoms with E-state index in [9.17, 15) is 9.59 Å². The molecule has 0 aromatic carbocycles. The molecule has 0 saturated carbocycles. The van der Waals surface area contributed by atoms with Gasteiger partial charge in [-0.2, -0.15) is 0 Å². The molecule has 118 valence electrons. The van der Waals surface area contributed by atoms with Gasteiger partial charge in [-0.15, -0.1) is 0 Å². The van der Waals surface area contributed by atoms with E-state index in [0.717, 1.165) is 12.8 Å². The van der Waals surface area contributed by atoms with Crippen molar-refractivity contribution < 1.29 is 9.59 Å². The molecule has 20 heavy (non-hydrogen) atoms. The predicted octanol–water partition coefficient (Wildman–Crippen LogP) is 1.82. The minimum Gasteiger partial charge on any atom is -0.338 e. The Morgan fingerprint density at radius 2 is 1.35 bits per heavy atom. The summed E-state index contributed by atoms with van der Waals surface area (Å²) in [5, 5.41) is 11.2. The lowest BCUT2D eigenvalue weighted by molar-refractivity contribution is 0.236. The maximum absolute atomic E-state index is 11.4. The van der Waals surface area contributed by atoms with Crippen LogP contribution in [-0.2, 0) is 0 Å². The lowest BCUT2D eigenvalue weighted by Crippen LogP contribution is -2.41. The van der Waals surface area contributed by atoms with Gasteiger partial charge in [0.05, 0.1) is 0 Å². The Kier molecular flexibility index (Phi) is 9.59. The highest BCUT2D eigenvalue weighted by Gasteiger charge is 2.07. The van der Waals surface area contributed by atoms with E-state index in [0.29, 0.717) is 19.0 Å². The first-order chi connectivity index (χ1) is 9.31. The van der Waals surface area contributed by atoms with Crippen LogP contribution in [0.3, 0.4) is 0 Å². The van der Waals surface area contributed by atoms with Crippen molar-refractivity contribution in [2.45, 2.75) is 59.5 Å². The van der Waals surface area contributed by atoms with E-state index in [4.69, 9.17) is 0 Å². The summed E-state index contributed by atoms with van der Waals surface area (Å²) in [6.07, 6.45) is 1.87. The minimum absolute atomic E-state index is 0.123. The van der Waals surface area contributed by atoms with Crippen LogP contribution in [0, 0.1) is 5.92 Å². The molecule has 0 rings (SSSR count). The fourth-order valence-electron chi connectivity index (χ4n) is 1.65. The lowest BCUT2D eigenvalue weighted by atomic mass is 10.1. The van der Waals surface area contributed by atoms with Crippen LogP contribution in [0.1, 0.15) is 47.5 Å². The zero-order chi connectivity index (χ0) is 15.5. The highest BCUT2D eigenvalue weighted by molar-refractivity contribution is 5.74. The zero-order valence-corrected chi connectivity index (χ0v) is 13.4. The molecule has 6 nitrogen and oxygen atoms in total. The Morgan fingerprint density at radius 3 is 1.85 bits per heavy atom. The van der Waals surface area contributed by atoms with Gasteiger partial charge in [0.25, 0.3) is 0 Å². The molecule has 4 N–H and O–H groups in total. The van der Waals surface area contributed by atoms with Gasteiger partial charge in [0.15, 0.2) is 0 Å². The molecule has 0 aromatic rings. The molecule has 6 heteroatoms. The monoisotopic (exact) mass is 286 g/mol. The minimum atomic E-state index is -0.124. The fourth-order valence-corrected chi connectivity index (χ4v) is 1.65. The average Bonchev–Trinajstić information content (AvgIpc) is 2.30. The molecule has 0 aliphatic carbocycles. The van der Waals surface area contributed by atoms with Crippen molar-refractivity contribution in [3.8, 4) is 0 Å². The van der Waals surface area contributed by atoms with Crippen molar-refractivity contribution in [2.75, 3.05) is 13.1 Å². The molecule has 0 aliphatic heterocycles. The first-order valence-electron chi connectivity index (χ1n) is 7.40. The molecule has 0 radical (unpaired) electrons. The Hall–Kier alpha value is -1.46. The van der Waals surface area contributed by atoms with Crippen LogP contribution in [0.4, 0.5) is 9.59 Å². The topological polar surface area (TPSA) is 82.3 Å². The summed E-state index contributed by atoms with van der Waals surface area (Å²) in [6, 6.07) is 0.0509. The normalized spacial score (nSPS) is 12.2. The van der Waals surface area contributed by atoms with E-state index in [1.165, 1.54) is 0 Å². The Balaban J connectivity index is 3.56. The lowest BCUT2D eigenvalue weighted by Gasteiger charge is -2.15. The Morgan fingerprint density at radius 1 is 0.850 bits per heavy atom. The first kappa shape index (κ1) is 18.5. The molecule has 1 atom stereocenters. The van der Waals surface area contributed by atoms with Gasteiger partial charge in [0.1, 0.15) is 0 Å². The van der Waals surface area contributed by atoms with E-state index in [1.807, 2.05) is 27.7 Å². The quantitative estimate of drug-likeness (QED) is 0.513. The molecule has 0 saturated heterocycles. The predicted molar refractivity (Wildman–Crippen MR) is 81.7 cm³/mol. The largest absolute Gasteiger partial charge is 0.338 e. The summed E-state index contributed by atoms with van der Waals surface area (Å²) in [6.45, 7) is 11.1. The number of hydrogen-bond acceptors (Lipinski definition) is 2. The van der Waals surface area contributed by atoms with Crippen molar-refractivity contribution in [1.82, 2.24) is 21.3 Å². The van der Waals surface area contributed by atoms with Crippen LogP contribution in [0.15, 0.2) is 0 Å². The summed E-state index contributed by atoms with van der Waals surface area (Å²) < 4.78 is 0. The van der Waals surface area contributed by atoms with Crippen LogP contribution in [0.5, 0.6) is 0 Å². The Labute approximate surface area is 122 Å². The summed E-state index contributed by atoms with van der Waals surface area (Å²) in [7, 11) is 0. The third-order valence-electron chi connectivity index (χ3n) is 2.61.